The monoisotopic (exact) mass is 244 g/mol. The summed E-state index contributed by atoms with van der Waals surface area (Å²) in [6.07, 6.45) is 4.13. The predicted molar refractivity (Wildman–Crippen MR) is 70.6 cm³/mol. The molecule has 0 aromatic heterocycles. The molecule has 2 aliphatic rings. The Bertz CT molecular complexity index is 468. The van der Waals surface area contributed by atoms with E-state index in [0.29, 0.717) is 11.8 Å². The molecule has 4 atom stereocenters. The van der Waals surface area contributed by atoms with Gasteiger partial charge in [-0.25, -0.2) is 0 Å². The van der Waals surface area contributed by atoms with Crippen molar-refractivity contribution < 1.29 is 9.53 Å². The van der Waals surface area contributed by atoms with Crippen molar-refractivity contribution in [1.29, 1.82) is 0 Å². The maximum Gasteiger partial charge on any atom is 0.123 e. The van der Waals surface area contributed by atoms with E-state index in [-0.39, 0.29) is 11.5 Å². The van der Waals surface area contributed by atoms with Gasteiger partial charge in [-0.15, -0.1) is 0 Å². The molecule has 1 aromatic rings. The Morgan fingerprint density at radius 2 is 2.17 bits per heavy atom. The topological polar surface area (TPSA) is 26.3 Å². The number of carbonyl (C=O) groups excluding carboxylic acids is 1. The Morgan fingerprint density at radius 3 is 2.94 bits per heavy atom. The van der Waals surface area contributed by atoms with Gasteiger partial charge in [-0.2, -0.15) is 0 Å². The molecule has 1 aromatic carbocycles. The second-order valence-corrected chi connectivity index (χ2v) is 6.03. The van der Waals surface area contributed by atoms with Crippen molar-refractivity contribution in [3.63, 3.8) is 0 Å². The van der Waals surface area contributed by atoms with Crippen molar-refractivity contribution in [2.75, 3.05) is 0 Å². The molecule has 0 saturated heterocycles. The Balaban J connectivity index is 1.96. The minimum absolute atomic E-state index is 0.0900. The minimum atomic E-state index is -0.0900. The van der Waals surface area contributed by atoms with Crippen LogP contribution in [0.5, 0.6) is 5.75 Å². The van der Waals surface area contributed by atoms with Crippen LogP contribution in [0.2, 0.25) is 0 Å². The number of para-hydroxylation sites is 1. The van der Waals surface area contributed by atoms with E-state index in [1.165, 1.54) is 5.56 Å². The molecule has 1 aliphatic carbocycles. The van der Waals surface area contributed by atoms with Gasteiger partial charge in [0.2, 0.25) is 0 Å². The first-order chi connectivity index (χ1) is 8.64. The van der Waals surface area contributed by atoms with E-state index in [9.17, 15) is 4.79 Å². The summed E-state index contributed by atoms with van der Waals surface area (Å²) in [5.74, 6) is 2.11. The number of hydrogen-bond donors (Lipinski definition) is 0. The summed E-state index contributed by atoms with van der Waals surface area (Å²) in [5, 5.41) is 0. The third-order valence-electron chi connectivity index (χ3n) is 5.00. The van der Waals surface area contributed by atoms with Gasteiger partial charge in [-0.05, 0) is 43.7 Å². The molecule has 1 saturated carbocycles. The molecule has 0 spiro atoms. The summed E-state index contributed by atoms with van der Waals surface area (Å²) in [7, 11) is 0. The first-order valence-corrected chi connectivity index (χ1v) is 6.86. The Labute approximate surface area is 108 Å². The SMILES string of the molecule is C[C@@H]1[C@H](C=O)CC[C@@]2(C)Oc3ccccc3C[C@@H]12. The summed E-state index contributed by atoms with van der Waals surface area (Å²) in [5.41, 5.74) is 1.20. The van der Waals surface area contributed by atoms with Crippen molar-refractivity contribution >= 4 is 6.29 Å². The van der Waals surface area contributed by atoms with Crippen LogP contribution in [0.1, 0.15) is 32.3 Å². The fraction of sp³-hybridized carbons (Fsp3) is 0.562. The van der Waals surface area contributed by atoms with Crippen LogP contribution in [0.25, 0.3) is 0 Å². The molecule has 18 heavy (non-hydrogen) atoms. The lowest BCUT2D eigenvalue weighted by Gasteiger charge is -2.50. The molecule has 2 nitrogen and oxygen atoms in total. The Hall–Kier alpha value is -1.31. The maximum atomic E-state index is 11.2. The number of fused-ring (bicyclic) bond motifs is 2. The Morgan fingerprint density at radius 1 is 1.39 bits per heavy atom. The fourth-order valence-electron chi connectivity index (χ4n) is 3.74. The van der Waals surface area contributed by atoms with Gasteiger partial charge in [0.1, 0.15) is 17.6 Å². The summed E-state index contributed by atoms with van der Waals surface area (Å²) in [4.78, 5) is 11.2. The summed E-state index contributed by atoms with van der Waals surface area (Å²) in [6.45, 7) is 4.42. The number of benzene rings is 1. The molecule has 1 aliphatic heterocycles. The molecule has 0 unspecified atom stereocenters. The van der Waals surface area contributed by atoms with Gasteiger partial charge >= 0.3 is 0 Å². The van der Waals surface area contributed by atoms with Crippen LogP contribution in [0.15, 0.2) is 24.3 Å². The van der Waals surface area contributed by atoms with E-state index >= 15 is 0 Å². The molecule has 0 amide bonds. The molecule has 0 N–H and O–H groups in total. The quantitative estimate of drug-likeness (QED) is 0.709. The minimum Gasteiger partial charge on any atom is -0.487 e. The predicted octanol–water partition coefficient (Wildman–Crippen LogP) is 3.24. The van der Waals surface area contributed by atoms with Crippen LogP contribution in [0, 0.1) is 17.8 Å². The number of ether oxygens (including phenoxy) is 1. The highest BCUT2D eigenvalue weighted by molar-refractivity contribution is 5.54. The third-order valence-corrected chi connectivity index (χ3v) is 5.00. The molecule has 3 rings (SSSR count). The smallest absolute Gasteiger partial charge is 0.123 e. The lowest BCUT2D eigenvalue weighted by molar-refractivity contribution is -0.120. The van der Waals surface area contributed by atoms with Gasteiger partial charge < -0.3 is 9.53 Å². The average molecular weight is 244 g/mol. The maximum absolute atomic E-state index is 11.2. The van der Waals surface area contributed by atoms with E-state index in [1.807, 2.05) is 6.07 Å². The molecular weight excluding hydrogens is 224 g/mol. The first-order valence-electron chi connectivity index (χ1n) is 6.86. The highest BCUT2D eigenvalue weighted by Gasteiger charge is 2.48. The molecule has 96 valence electrons. The average Bonchev–Trinajstić information content (AvgIpc) is 2.37. The van der Waals surface area contributed by atoms with Gasteiger partial charge in [0.25, 0.3) is 0 Å². The van der Waals surface area contributed by atoms with Gasteiger partial charge in [0.15, 0.2) is 0 Å². The zero-order chi connectivity index (χ0) is 12.8. The first kappa shape index (κ1) is 11.8. The standard InChI is InChI=1S/C16H20O2/c1-11-13(10-17)7-8-16(2)14(11)9-12-5-3-4-6-15(12)18-16/h3-6,10-11,13-14H,7-9H2,1-2H3/t11-,13+,14+,16-/m1/s1. The lowest BCUT2D eigenvalue weighted by atomic mass is 9.63. The van der Waals surface area contributed by atoms with Gasteiger partial charge in [-0.3, -0.25) is 0 Å². The normalized spacial score (nSPS) is 38.2. The van der Waals surface area contributed by atoms with Crippen molar-refractivity contribution in [2.24, 2.45) is 17.8 Å². The van der Waals surface area contributed by atoms with E-state index in [2.05, 4.69) is 32.0 Å². The van der Waals surface area contributed by atoms with Crippen LogP contribution in [0.3, 0.4) is 0 Å². The molecule has 2 heteroatoms. The number of hydrogen-bond acceptors (Lipinski definition) is 2. The number of carbonyl (C=O) groups is 1. The molecule has 0 bridgehead atoms. The van der Waals surface area contributed by atoms with Crippen LogP contribution in [-0.4, -0.2) is 11.9 Å². The third kappa shape index (κ3) is 1.66. The van der Waals surface area contributed by atoms with E-state index in [0.717, 1.165) is 31.3 Å². The van der Waals surface area contributed by atoms with Gasteiger partial charge in [0, 0.05) is 11.8 Å². The van der Waals surface area contributed by atoms with Crippen molar-refractivity contribution in [3.8, 4) is 5.75 Å². The highest BCUT2D eigenvalue weighted by Crippen LogP contribution is 2.48. The van der Waals surface area contributed by atoms with Gasteiger partial charge in [0.05, 0.1) is 0 Å². The number of aldehydes is 1. The highest BCUT2D eigenvalue weighted by atomic mass is 16.5. The van der Waals surface area contributed by atoms with Crippen LogP contribution in [-0.2, 0) is 11.2 Å². The van der Waals surface area contributed by atoms with Crippen LogP contribution in [0.4, 0.5) is 0 Å². The zero-order valence-corrected chi connectivity index (χ0v) is 11.1. The van der Waals surface area contributed by atoms with Crippen molar-refractivity contribution in [1.82, 2.24) is 0 Å². The summed E-state index contributed by atoms with van der Waals surface area (Å²) < 4.78 is 6.27. The second-order valence-electron chi connectivity index (χ2n) is 6.03. The molecule has 0 radical (unpaired) electrons. The van der Waals surface area contributed by atoms with E-state index < -0.39 is 0 Å². The van der Waals surface area contributed by atoms with Crippen molar-refractivity contribution in [2.45, 2.75) is 38.7 Å². The molecule has 1 heterocycles. The molecule has 1 fully saturated rings. The summed E-state index contributed by atoms with van der Waals surface area (Å²) in [6, 6.07) is 8.30. The molecular formula is C16H20O2. The van der Waals surface area contributed by atoms with E-state index in [1.54, 1.807) is 0 Å². The van der Waals surface area contributed by atoms with E-state index in [4.69, 9.17) is 4.74 Å². The van der Waals surface area contributed by atoms with Crippen LogP contribution >= 0.6 is 0 Å². The summed E-state index contributed by atoms with van der Waals surface area (Å²) >= 11 is 0. The Kier molecular flexibility index (Phi) is 2.69. The van der Waals surface area contributed by atoms with Crippen LogP contribution < -0.4 is 4.74 Å². The zero-order valence-electron chi connectivity index (χ0n) is 11.1. The second kappa shape index (κ2) is 4.11. The fourth-order valence-corrected chi connectivity index (χ4v) is 3.74. The number of rotatable bonds is 1. The van der Waals surface area contributed by atoms with Gasteiger partial charge in [-0.1, -0.05) is 25.1 Å². The largest absolute Gasteiger partial charge is 0.487 e. The van der Waals surface area contributed by atoms with Crippen molar-refractivity contribution in [3.05, 3.63) is 29.8 Å². The lowest BCUT2D eigenvalue weighted by Crippen LogP contribution is -2.52.